The average Bonchev–Trinajstić information content (AvgIpc) is 2.33. The minimum absolute atomic E-state index is 0.0113. The number of halogens is 2. The van der Waals surface area contributed by atoms with Crippen LogP contribution < -0.4 is 5.32 Å². The highest BCUT2D eigenvalue weighted by atomic mass is 35.5. The summed E-state index contributed by atoms with van der Waals surface area (Å²) in [5, 5.41) is 11.7. The summed E-state index contributed by atoms with van der Waals surface area (Å²) in [4.78, 5) is 13.6. The first-order valence-corrected chi connectivity index (χ1v) is 6.52. The van der Waals surface area contributed by atoms with E-state index in [2.05, 4.69) is 5.32 Å². The number of benzene rings is 1. The van der Waals surface area contributed by atoms with Crippen LogP contribution in [0.25, 0.3) is 0 Å². The van der Waals surface area contributed by atoms with Gasteiger partial charge >= 0.3 is 0 Å². The lowest BCUT2D eigenvalue weighted by molar-refractivity contribution is -0.117. The molecule has 19 heavy (non-hydrogen) atoms. The third kappa shape index (κ3) is 5.55. The maximum Gasteiger partial charge on any atom is 0.238 e. The van der Waals surface area contributed by atoms with Gasteiger partial charge in [0.25, 0.3) is 0 Å². The smallest absolute Gasteiger partial charge is 0.238 e. The normalized spacial score (nSPS) is 10.8. The molecule has 0 unspecified atom stereocenters. The molecule has 2 N–H and O–H groups in total. The van der Waals surface area contributed by atoms with Crippen molar-refractivity contribution in [2.75, 3.05) is 31.6 Å². The molecule has 1 rings (SSSR count). The summed E-state index contributed by atoms with van der Waals surface area (Å²) >= 11 is 5.63. The molecule has 0 saturated carbocycles. The Labute approximate surface area is 117 Å². The summed E-state index contributed by atoms with van der Waals surface area (Å²) in [7, 11) is 0. The van der Waals surface area contributed by atoms with E-state index in [1.165, 1.54) is 12.1 Å². The second-order valence-corrected chi connectivity index (χ2v) is 4.61. The molecule has 4 nitrogen and oxygen atoms in total. The van der Waals surface area contributed by atoms with E-state index in [0.29, 0.717) is 13.1 Å². The molecule has 0 heterocycles. The van der Waals surface area contributed by atoms with Crippen molar-refractivity contribution in [3.63, 3.8) is 0 Å². The third-order valence-corrected chi connectivity index (χ3v) is 2.76. The lowest BCUT2D eigenvalue weighted by Crippen LogP contribution is -2.35. The van der Waals surface area contributed by atoms with Gasteiger partial charge in [-0.25, -0.2) is 4.39 Å². The van der Waals surface area contributed by atoms with E-state index in [1.807, 2.05) is 11.8 Å². The van der Waals surface area contributed by atoms with Gasteiger partial charge in [-0.2, -0.15) is 0 Å². The molecule has 1 aromatic carbocycles. The van der Waals surface area contributed by atoms with Gasteiger partial charge in [0, 0.05) is 11.6 Å². The predicted octanol–water partition coefficient (Wildman–Crippen LogP) is 2.12. The number of rotatable bonds is 7. The number of carbonyl (C=O) groups excluding carboxylic acids is 1. The van der Waals surface area contributed by atoms with Crippen molar-refractivity contribution in [2.24, 2.45) is 0 Å². The van der Waals surface area contributed by atoms with Crippen LogP contribution in [0.15, 0.2) is 18.2 Å². The number of hydrogen-bond acceptors (Lipinski definition) is 3. The molecule has 0 aliphatic rings. The van der Waals surface area contributed by atoms with Crippen LogP contribution in [-0.4, -0.2) is 42.2 Å². The number of hydrogen-bond donors (Lipinski definition) is 2. The fraction of sp³-hybridized carbons (Fsp3) is 0.462. The van der Waals surface area contributed by atoms with Crippen molar-refractivity contribution in [1.82, 2.24) is 4.90 Å². The van der Waals surface area contributed by atoms with Crippen molar-refractivity contribution < 1.29 is 14.3 Å². The van der Waals surface area contributed by atoms with Gasteiger partial charge in [0.05, 0.1) is 18.8 Å². The first-order valence-electron chi connectivity index (χ1n) is 6.15. The standard InChI is InChI=1S/C13H18ClFN2O2/c1-2-5-17(6-7-18)9-13(19)16-12-4-3-10(14)8-11(12)15/h3-4,8,18H,2,5-7,9H2,1H3,(H,16,19). The second-order valence-electron chi connectivity index (χ2n) is 4.17. The zero-order valence-electron chi connectivity index (χ0n) is 10.8. The van der Waals surface area contributed by atoms with Crippen molar-refractivity contribution in [1.29, 1.82) is 0 Å². The minimum atomic E-state index is -0.565. The molecular formula is C13H18ClFN2O2. The molecule has 0 bridgehead atoms. The molecule has 0 aliphatic heterocycles. The summed E-state index contributed by atoms with van der Waals surface area (Å²) in [5.41, 5.74) is 0.106. The van der Waals surface area contributed by atoms with Gasteiger partial charge in [-0.1, -0.05) is 18.5 Å². The Balaban J connectivity index is 2.58. The number of aliphatic hydroxyl groups is 1. The molecule has 1 aromatic rings. The molecule has 106 valence electrons. The molecule has 6 heteroatoms. The topological polar surface area (TPSA) is 52.6 Å². The zero-order chi connectivity index (χ0) is 14.3. The maximum atomic E-state index is 13.5. The molecule has 0 fully saturated rings. The van der Waals surface area contributed by atoms with Gasteiger partial charge in [-0.15, -0.1) is 0 Å². The van der Waals surface area contributed by atoms with Gasteiger partial charge < -0.3 is 10.4 Å². The first kappa shape index (κ1) is 15.9. The molecule has 0 atom stereocenters. The minimum Gasteiger partial charge on any atom is -0.395 e. The Morgan fingerprint density at radius 1 is 1.47 bits per heavy atom. The number of anilines is 1. The van der Waals surface area contributed by atoms with Crippen molar-refractivity contribution in [2.45, 2.75) is 13.3 Å². The van der Waals surface area contributed by atoms with Crippen LogP contribution in [0.5, 0.6) is 0 Å². The van der Waals surface area contributed by atoms with Crippen molar-refractivity contribution in [3.8, 4) is 0 Å². The summed E-state index contributed by atoms with van der Waals surface area (Å²) in [6.07, 6.45) is 0.878. The van der Waals surface area contributed by atoms with Crippen LogP contribution in [0, 0.1) is 5.82 Å². The van der Waals surface area contributed by atoms with E-state index in [0.717, 1.165) is 12.5 Å². The fourth-order valence-electron chi connectivity index (χ4n) is 1.71. The van der Waals surface area contributed by atoms with E-state index in [4.69, 9.17) is 16.7 Å². The monoisotopic (exact) mass is 288 g/mol. The highest BCUT2D eigenvalue weighted by Crippen LogP contribution is 2.18. The summed E-state index contributed by atoms with van der Waals surface area (Å²) in [6.45, 7) is 3.22. The van der Waals surface area contributed by atoms with Gasteiger partial charge in [0.1, 0.15) is 5.82 Å². The molecule has 0 spiro atoms. The van der Waals surface area contributed by atoms with E-state index >= 15 is 0 Å². The molecular weight excluding hydrogens is 271 g/mol. The quantitative estimate of drug-likeness (QED) is 0.808. The average molecular weight is 289 g/mol. The Kier molecular flexibility index (Phi) is 6.77. The Hall–Kier alpha value is -1.17. The third-order valence-electron chi connectivity index (χ3n) is 2.53. The van der Waals surface area contributed by atoms with Crippen molar-refractivity contribution >= 4 is 23.2 Å². The SMILES string of the molecule is CCCN(CCO)CC(=O)Nc1ccc(Cl)cc1F. The number of carbonyl (C=O) groups is 1. The van der Waals surface area contributed by atoms with Crippen molar-refractivity contribution in [3.05, 3.63) is 29.0 Å². The summed E-state index contributed by atoms with van der Waals surface area (Å²) in [6, 6.07) is 4.08. The number of aliphatic hydroxyl groups excluding tert-OH is 1. The lowest BCUT2D eigenvalue weighted by Gasteiger charge is -2.19. The molecule has 0 aromatic heterocycles. The Morgan fingerprint density at radius 3 is 2.79 bits per heavy atom. The first-order chi connectivity index (χ1) is 9.06. The Bertz CT molecular complexity index is 423. The number of nitrogens with zero attached hydrogens (tertiary/aromatic N) is 1. The molecule has 0 saturated heterocycles. The molecule has 0 aliphatic carbocycles. The van der Waals surface area contributed by atoms with Crippen LogP contribution in [0.2, 0.25) is 5.02 Å². The number of amides is 1. The molecule has 0 radical (unpaired) electrons. The maximum absolute atomic E-state index is 13.5. The lowest BCUT2D eigenvalue weighted by atomic mass is 10.3. The zero-order valence-corrected chi connectivity index (χ0v) is 11.6. The van der Waals surface area contributed by atoms with E-state index in [-0.39, 0.29) is 29.8 Å². The highest BCUT2D eigenvalue weighted by molar-refractivity contribution is 6.30. The summed E-state index contributed by atoms with van der Waals surface area (Å²) < 4.78 is 13.5. The van der Waals surface area contributed by atoms with Crippen LogP contribution in [-0.2, 0) is 4.79 Å². The predicted molar refractivity (Wildman–Crippen MR) is 73.9 cm³/mol. The van der Waals surface area contributed by atoms with E-state index < -0.39 is 5.82 Å². The van der Waals surface area contributed by atoms with Gasteiger partial charge in [-0.05, 0) is 31.2 Å². The van der Waals surface area contributed by atoms with Gasteiger partial charge in [0.2, 0.25) is 5.91 Å². The fourth-order valence-corrected chi connectivity index (χ4v) is 1.87. The van der Waals surface area contributed by atoms with E-state index in [1.54, 1.807) is 0 Å². The molecule has 1 amide bonds. The van der Waals surface area contributed by atoms with Crippen LogP contribution in [0.1, 0.15) is 13.3 Å². The second kappa shape index (κ2) is 8.09. The highest BCUT2D eigenvalue weighted by Gasteiger charge is 2.11. The van der Waals surface area contributed by atoms with E-state index in [9.17, 15) is 9.18 Å². The van der Waals surface area contributed by atoms with Gasteiger partial charge in [0.15, 0.2) is 0 Å². The van der Waals surface area contributed by atoms with Crippen LogP contribution >= 0.6 is 11.6 Å². The summed E-state index contributed by atoms with van der Waals surface area (Å²) in [5.74, 6) is -0.881. The van der Waals surface area contributed by atoms with Gasteiger partial charge in [-0.3, -0.25) is 9.69 Å². The Morgan fingerprint density at radius 2 is 2.21 bits per heavy atom. The number of nitrogens with one attached hydrogen (secondary N) is 1. The largest absolute Gasteiger partial charge is 0.395 e. The van der Waals surface area contributed by atoms with Crippen LogP contribution in [0.3, 0.4) is 0 Å². The van der Waals surface area contributed by atoms with Crippen LogP contribution in [0.4, 0.5) is 10.1 Å².